The van der Waals surface area contributed by atoms with Gasteiger partial charge in [-0.2, -0.15) is 9.40 Å². The van der Waals surface area contributed by atoms with Crippen molar-refractivity contribution < 1.29 is 12.8 Å². The van der Waals surface area contributed by atoms with Crippen molar-refractivity contribution >= 4 is 26.9 Å². The van der Waals surface area contributed by atoms with E-state index in [0.717, 1.165) is 17.1 Å². The molecule has 1 aliphatic heterocycles. The molecule has 4 rings (SSSR count). The molecule has 0 aliphatic carbocycles. The number of aryl methyl sites for hydroxylation is 1. The SMILES string of the molecule is Cc1ccc(S(=O)(=O)N2CCC(c3ccc4c(N)[nH]nc4n3)CC2)cc1F. The summed E-state index contributed by atoms with van der Waals surface area (Å²) < 4.78 is 40.8. The number of halogens is 1. The second-order valence-electron chi connectivity index (χ2n) is 6.83. The van der Waals surface area contributed by atoms with E-state index >= 15 is 0 Å². The van der Waals surface area contributed by atoms with Crippen molar-refractivity contribution in [2.24, 2.45) is 0 Å². The van der Waals surface area contributed by atoms with Crippen molar-refractivity contribution in [3.05, 3.63) is 47.4 Å². The molecule has 3 aromatic rings. The predicted molar refractivity (Wildman–Crippen MR) is 100 cm³/mol. The van der Waals surface area contributed by atoms with E-state index in [1.165, 1.54) is 16.4 Å². The molecule has 0 unspecified atom stereocenters. The van der Waals surface area contributed by atoms with Gasteiger partial charge in [-0.15, -0.1) is 0 Å². The number of anilines is 1. The van der Waals surface area contributed by atoms with Gasteiger partial charge >= 0.3 is 0 Å². The first-order chi connectivity index (χ1) is 12.9. The highest BCUT2D eigenvalue weighted by Gasteiger charge is 2.31. The van der Waals surface area contributed by atoms with Gasteiger partial charge in [0.1, 0.15) is 11.6 Å². The van der Waals surface area contributed by atoms with E-state index < -0.39 is 15.8 Å². The van der Waals surface area contributed by atoms with Crippen molar-refractivity contribution in [2.45, 2.75) is 30.6 Å². The van der Waals surface area contributed by atoms with Crippen LogP contribution in [0.15, 0.2) is 35.2 Å². The molecular weight excluding hydrogens is 369 g/mol. The summed E-state index contributed by atoms with van der Waals surface area (Å²) in [4.78, 5) is 4.54. The first-order valence-corrected chi connectivity index (χ1v) is 10.2. The average molecular weight is 389 g/mol. The largest absolute Gasteiger partial charge is 0.384 e. The van der Waals surface area contributed by atoms with E-state index in [-0.39, 0.29) is 10.8 Å². The van der Waals surface area contributed by atoms with Gasteiger partial charge in [-0.1, -0.05) is 6.07 Å². The Balaban J connectivity index is 1.51. The molecule has 0 atom stereocenters. The first kappa shape index (κ1) is 17.9. The second kappa shape index (κ2) is 6.58. The van der Waals surface area contributed by atoms with Crippen LogP contribution in [0.3, 0.4) is 0 Å². The molecule has 3 heterocycles. The Morgan fingerprint density at radius 3 is 2.67 bits per heavy atom. The maximum absolute atomic E-state index is 13.8. The second-order valence-corrected chi connectivity index (χ2v) is 8.77. The van der Waals surface area contributed by atoms with E-state index in [1.807, 2.05) is 12.1 Å². The molecule has 1 aromatic carbocycles. The summed E-state index contributed by atoms with van der Waals surface area (Å²) in [5.41, 5.74) is 7.66. The van der Waals surface area contributed by atoms with Crippen LogP contribution in [-0.2, 0) is 10.0 Å². The van der Waals surface area contributed by atoms with Crippen LogP contribution in [0.4, 0.5) is 10.2 Å². The molecule has 1 aliphatic rings. The molecule has 0 bridgehead atoms. The Morgan fingerprint density at radius 2 is 1.96 bits per heavy atom. The third-order valence-electron chi connectivity index (χ3n) is 5.12. The Bertz CT molecular complexity index is 1100. The lowest BCUT2D eigenvalue weighted by Gasteiger charge is -2.31. The van der Waals surface area contributed by atoms with Crippen LogP contribution in [0.1, 0.15) is 30.0 Å². The number of nitrogens with two attached hydrogens (primary N) is 1. The molecule has 9 heteroatoms. The highest BCUT2D eigenvalue weighted by atomic mass is 32.2. The highest BCUT2D eigenvalue weighted by molar-refractivity contribution is 7.89. The number of pyridine rings is 1. The van der Waals surface area contributed by atoms with Crippen molar-refractivity contribution in [1.29, 1.82) is 0 Å². The van der Waals surface area contributed by atoms with E-state index in [9.17, 15) is 12.8 Å². The Hall–Kier alpha value is -2.52. The number of piperidine rings is 1. The van der Waals surface area contributed by atoms with Crippen molar-refractivity contribution in [2.75, 3.05) is 18.8 Å². The summed E-state index contributed by atoms with van der Waals surface area (Å²) in [6, 6.07) is 7.84. The van der Waals surface area contributed by atoms with Crippen LogP contribution >= 0.6 is 0 Å². The molecular formula is C18H20FN5O2S. The first-order valence-electron chi connectivity index (χ1n) is 8.73. The zero-order valence-electron chi connectivity index (χ0n) is 14.8. The summed E-state index contributed by atoms with van der Waals surface area (Å²) >= 11 is 0. The third-order valence-corrected chi connectivity index (χ3v) is 7.02. The number of H-pyrrole nitrogens is 1. The number of aromatic nitrogens is 3. The van der Waals surface area contributed by atoms with Crippen LogP contribution < -0.4 is 5.73 Å². The summed E-state index contributed by atoms with van der Waals surface area (Å²) in [6.07, 6.45) is 1.29. The van der Waals surface area contributed by atoms with Gasteiger partial charge in [-0.3, -0.25) is 5.10 Å². The minimum absolute atomic E-state index is 0.00408. The lowest BCUT2D eigenvalue weighted by atomic mass is 9.94. The summed E-state index contributed by atoms with van der Waals surface area (Å²) in [6.45, 7) is 2.34. The van der Waals surface area contributed by atoms with Crippen molar-refractivity contribution in [3.63, 3.8) is 0 Å². The minimum atomic E-state index is -3.70. The van der Waals surface area contributed by atoms with Gasteiger partial charge in [0.25, 0.3) is 0 Å². The number of hydrogen-bond donors (Lipinski definition) is 2. The van der Waals surface area contributed by atoms with Crippen molar-refractivity contribution in [1.82, 2.24) is 19.5 Å². The molecule has 0 saturated carbocycles. The van der Waals surface area contributed by atoms with Gasteiger partial charge in [0.2, 0.25) is 10.0 Å². The fourth-order valence-corrected chi connectivity index (χ4v) is 4.92. The van der Waals surface area contributed by atoms with Crippen LogP contribution in [0.25, 0.3) is 11.0 Å². The molecule has 142 valence electrons. The molecule has 1 fully saturated rings. The molecule has 27 heavy (non-hydrogen) atoms. The molecule has 2 aromatic heterocycles. The van der Waals surface area contributed by atoms with Crippen molar-refractivity contribution in [3.8, 4) is 0 Å². The molecule has 0 radical (unpaired) electrons. The summed E-state index contributed by atoms with van der Waals surface area (Å²) in [5, 5.41) is 7.57. The number of nitrogens with one attached hydrogen (secondary N) is 1. The molecule has 3 N–H and O–H groups in total. The Labute approximate surface area is 156 Å². The molecule has 7 nitrogen and oxygen atoms in total. The van der Waals surface area contributed by atoms with Gasteiger partial charge in [-0.25, -0.2) is 17.8 Å². The van der Waals surface area contributed by atoms with Gasteiger partial charge in [0, 0.05) is 24.7 Å². The number of hydrogen-bond acceptors (Lipinski definition) is 5. The normalized spacial score (nSPS) is 16.8. The summed E-state index contributed by atoms with van der Waals surface area (Å²) in [5.74, 6) is 0.116. The monoisotopic (exact) mass is 389 g/mol. The number of sulfonamides is 1. The van der Waals surface area contributed by atoms with Crippen LogP contribution in [-0.4, -0.2) is 41.0 Å². The zero-order valence-corrected chi connectivity index (χ0v) is 15.6. The van der Waals surface area contributed by atoms with E-state index in [2.05, 4.69) is 15.2 Å². The van der Waals surface area contributed by atoms with Gasteiger partial charge in [-0.05, 0) is 49.6 Å². The fraction of sp³-hybridized carbons (Fsp3) is 0.333. The van der Waals surface area contributed by atoms with Crippen LogP contribution in [0, 0.1) is 12.7 Å². The lowest BCUT2D eigenvalue weighted by molar-refractivity contribution is 0.317. The number of fused-ring (bicyclic) bond motifs is 1. The quantitative estimate of drug-likeness (QED) is 0.716. The Morgan fingerprint density at radius 1 is 1.22 bits per heavy atom. The molecule has 0 spiro atoms. The number of rotatable bonds is 3. The minimum Gasteiger partial charge on any atom is -0.384 e. The van der Waals surface area contributed by atoms with Gasteiger partial charge < -0.3 is 5.73 Å². The van der Waals surface area contributed by atoms with Gasteiger partial charge in [0.05, 0.1) is 10.3 Å². The number of aromatic amines is 1. The molecule has 0 amide bonds. The lowest BCUT2D eigenvalue weighted by Crippen LogP contribution is -2.38. The van der Waals surface area contributed by atoms with E-state index in [1.54, 1.807) is 6.92 Å². The average Bonchev–Trinajstić information content (AvgIpc) is 3.04. The zero-order chi connectivity index (χ0) is 19.2. The predicted octanol–water partition coefficient (Wildman–Crippen LogP) is 2.56. The maximum atomic E-state index is 13.8. The highest BCUT2D eigenvalue weighted by Crippen LogP contribution is 2.31. The maximum Gasteiger partial charge on any atom is 0.243 e. The molecule has 1 saturated heterocycles. The topological polar surface area (TPSA) is 105 Å². The number of nitrogen functional groups attached to an aromatic ring is 1. The number of benzene rings is 1. The standard InChI is InChI=1S/C18H20FN5O2S/c1-11-2-3-13(10-15(11)19)27(25,26)24-8-6-12(7-9-24)16-5-4-14-17(20)22-23-18(14)21-16/h2-5,10,12H,6-9H2,1H3,(H3,20,21,22,23). The smallest absolute Gasteiger partial charge is 0.243 e. The van der Waals surface area contributed by atoms with Crippen LogP contribution in [0.2, 0.25) is 0 Å². The van der Waals surface area contributed by atoms with Gasteiger partial charge in [0.15, 0.2) is 5.65 Å². The summed E-state index contributed by atoms with van der Waals surface area (Å²) in [7, 11) is -3.70. The van der Waals surface area contributed by atoms with Crippen LogP contribution in [0.5, 0.6) is 0 Å². The fourth-order valence-electron chi connectivity index (χ4n) is 3.43. The van der Waals surface area contributed by atoms with E-state index in [4.69, 9.17) is 5.73 Å². The Kier molecular flexibility index (Phi) is 4.35. The third kappa shape index (κ3) is 3.17. The van der Waals surface area contributed by atoms with E-state index in [0.29, 0.717) is 43.0 Å². The number of nitrogens with zero attached hydrogens (tertiary/aromatic N) is 3.